The number of hydrogen-bond donors (Lipinski definition) is 3. The van der Waals surface area contributed by atoms with E-state index in [0.29, 0.717) is 44.1 Å². The van der Waals surface area contributed by atoms with Crippen molar-refractivity contribution in [2.24, 2.45) is 5.92 Å². The maximum atomic E-state index is 12.5. The van der Waals surface area contributed by atoms with Crippen LogP contribution in [0.1, 0.15) is 66.4 Å². The summed E-state index contributed by atoms with van der Waals surface area (Å²) in [6.45, 7) is 13.0. The zero-order chi connectivity index (χ0) is 38.6. The summed E-state index contributed by atoms with van der Waals surface area (Å²) in [6.07, 6.45) is 6.61. The topological polar surface area (TPSA) is 177 Å². The normalized spacial score (nSPS) is 14.6. The molecule has 14 nitrogen and oxygen atoms in total. The van der Waals surface area contributed by atoms with Gasteiger partial charge in [0.15, 0.2) is 23.0 Å². The van der Waals surface area contributed by atoms with E-state index in [1.807, 2.05) is 6.08 Å². The van der Waals surface area contributed by atoms with E-state index in [1.54, 1.807) is 72.9 Å². The first-order chi connectivity index (χ1) is 24.5. The number of ketones is 2. The van der Waals surface area contributed by atoms with Crippen molar-refractivity contribution in [1.82, 2.24) is 10.6 Å². The Hall–Kier alpha value is -4.56. The molecule has 0 heterocycles. The summed E-state index contributed by atoms with van der Waals surface area (Å²) in [5.41, 5.74) is -0.397. The fraction of sp³-hybridized carbons (Fsp3) is 0.579. The Balaban J connectivity index is 1.63. The van der Waals surface area contributed by atoms with Crippen LogP contribution >= 0.6 is 0 Å². The Bertz CT molecular complexity index is 1410. The molecule has 14 heteroatoms. The van der Waals surface area contributed by atoms with E-state index in [9.17, 15) is 24.3 Å². The Kier molecular flexibility index (Phi) is 18.8. The number of nitrogens with one attached hydrogen (secondary N) is 2. The third kappa shape index (κ3) is 19.7. The number of allylic oxidation sites excluding steroid dienone is 5. The van der Waals surface area contributed by atoms with E-state index in [2.05, 4.69) is 10.6 Å². The van der Waals surface area contributed by atoms with Gasteiger partial charge in [0.25, 0.3) is 0 Å². The van der Waals surface area contributed by atoms with Crippen LogP contribution in [0.2, 0.25) is 0 Å². The first-order valence-corrected chi connectivity index (χ1v) is 17.4. The summed E-state index contributed by atoms with van der Waals surface area (Å²) < 4.78 is 38.1. The fourth-order valence-corrected chi connectivity index (χ4v) is 4.53. The number of Topliss-reactive ketones (excluding diaryl/α,β-unsaturated/α-hetero) is 1. The van der Waals surface area contributed by atoms with Gasteiger partial charge in [-0.15, -0.1) is 0 Å². The smallest absolute Gasteiger partial charge is 0.407 e. The molecular formula is C38H56N2O12. The molecule has 0 saturated carbocycles. The highest BCUT2D eigenvalue weighted by Gasteiger charge is 2.19. The minimum atomic E-state index is -0.570. The molecule has 1 aliphatic rings. The van der Waals surface area contributed by atoms with Gasteiger partial charge in [0, 0.05) is 31.8 Å². The quantitative estimate of drug-likeness (QED) is 0.0796. The number of benzene rings is 1. The van der Waals surface area contributed by atoms with Crippen molar-refractivity contribution < 1.29 is 57.4 Å². The van der Waals surface area contributed by atoms with Gasteiger partial charge in [0.2, 0.25) is 0 Å². The highest BCUT2D eigenvalue weighted by atomic mass is 16.6. The summed E-state index contributed by atoms with van der Waals surface area (Å²) in [5.74, 6) is 0.817. The minimum absolute atomic E-state index is 0.0628. The molecule has 2 rings (SSSR count). The molecule has 0 spiro atoms. The monoisotopic (exact) mass is 732 g/mol. The summed E-state index contributed by atoms with van der Waals surface area (Å²) in [5, 5.41) is 15.6. The number of rotatable bonds is 22. The summed E-state index contributed by atoms with van der Waals surface area (Å²) >= 11 is 0. The van der Waals surface area contributed by atoms with Crippen LogP contribution in [-0.4, -0.2) is 99.9 Å². The van der Waals surface area contributed by atoms with Crippen LogP contribution in [-0.2, 0) is 44.4 Å². The second-order valence-corrected chi connectivity index (χ2v) is 13.8. The Labute approximate surface area is 306 Å². The highest BCUT2D eigenvalue weighted by molar-refractivity contribution is 6.04. The number of aryl methyl sites for hydroxylation is 1. The molecule has 3 N–H and O–H groups in total. The number of amides is 2. The van der Waals surface area contributed by atoms with E-state index in [-0.39, 0.29) is 74.8 Å². The number of hydrogen-bond acceptors (Lipinski definition) is 12. The standard InChI is InChI=1S/C38H56N2O12/c1-37(2,3)51-35(44)39-16-18-47-20-22-49-32-14-10-27(24-31(32)43)8-12-29(41)26-30(42)13-9-28-11-15-33(34(25-28)46-7)50-23-21-48-19-17-40-36(45)52-38(4,5)6/h9-11,13-15,24,28,43H,8,12,16-23,25-26H2,1-7H3,(H,39,44)(H,40,45)/b13-9+. The van der Waals surface area contributed by atoms with Crippen LogP contribution in [0.25, 0.3) is 0 Å². The molecule has 1 unspecified atom stereocenters. The first-order valence-electron chi connectivity index (χ1n) is 17.4. The number of phenolic OH excluding ortho intramolecular Hbond substituents is 1. The van der Waals surface area contributed by atoms with Gasteiger partial charge in [-0.05, 0) is 77.8 Å². The molecule has 1 atom stereocenters. The van der Waals surface area contributed by atoms with Gasteiger partial charge in [0.05, 0.1) is 40.0 Å². The lowest BCUT2D eigenvalue weighted by molar-refractivity contribution is -0.124. The Morgan fingerprint density at radius 3 is 2.00 bits per heavy atom. The number of carbonyl (C=O) groups excluding carboxylic acids is 4. The van der Waals surface area contributed by atoms with Gasteiger partial charge in [-0.3, -0.25) is 9.59 Å². The molecule has 0 fully saturated rings. The maximum absolute atomic E-state index is 12.5. The van der Waals surface area contributed by atoms with Gasteiger partial charge in [-0.2, -0.15) is 0 Å². The average Bonchev–Trinajstić information content (AvgIpc) is 3.05. The van der Waals surface area contributed by atoms with Crippen LogP contribution in [0.4, 0.5) is 9.59 Å². The Morgan fingerprint density at radius 2 is 1.44 bits per heavy atom. The van der Waals surface area contributed by atoms with Crippen molar-refractivity contribution in [3.63, 3.8) is 0 Å². The largest absolute Gasteiger partial charge is 0.504 e. The number of aromatic hydroxyl groups is 1. The zero-order valence-electron chi connectivity index (χ0n) is 31.5. The zero-order valence-corrected chi connectivity index (χ0v) is 31.5. The number of alkyl carbamates (subject to hydrolysis) is 2. The molecule has 1 aliphatic carbocycles. The lowest BCUT2D eigenvalue weighted by atomic mass is 9.97. The second kappa shape index (κ2) is 22.4. The van der Waals surface area contributed by atoms with E-state index in [4.69, 9.17) is 33.2 Å². The summed E-state index contributed by atoms with van der Waals surface area (Å²) in [6, 6.07) is 4.90. The summed E-state index contributed by atoms with van der Waals surface area (Å²) in [7, 11) is 1.55. The van der Waals surface area contributed by atoms with E-state index in [1.165, 1.54) is 12.1 Å². The lowest BCUT2D eigenvalue weighted by Crippen LogP contribution is -2.34. The molecule has 290 valence electrons. The number of carbonyl (C=O) groups is 4. The van der Waals surface area contributed by atoms with Gasteiger partial charge in [0.1, 0.15) is 36.0 Å². The van der Waals surface area contributed by atoms with Crippen molar-refractivity contribution in [3.8, 4) is 11.5 Å². The van der Waals surface area contributed by atoms with Crippen LogP contribution < -0.4 is 15.4 Å². The fourth-order valence-electron chi connectivity index (χ4n) is 4.53. The summed E-state index contributed by atoms with van der Waals surface area (Å²) in [4.78, 5) is 48.3. The van der Waals surface area contributed by atoms with Crippen LogP contribution in [0, 0.1) is 5.92 Å². The maximum Gasteiger partial charge on any atom is 0.407 e. The van der Waals surface area contributed by atoms with Crippen molar-refractivity contribution in [2.45, 2.75) is 78.4 Å². The van der Waals surface area contributed by atoms with E-state index in [0.717, 1.165) is 5.56 Å². The molecule has 2 amide bonds. The number of methoxy groups -OCH3 is 1. The second-order valence-electron chi connectivity index (χ2n) is 13.8. The third-order valence-electron chi connectivity index (χ3n) is 6.85. The van der Waals surface area contributed by atoms with Crippen LogP contribution in [0.5, 0.6) is 11.5 Å². The van der Waals surface area contributed by atoms with Crippen molar-refractivity contribution >= 4 is 23.8 Å². The average molecular weight is 733 g/mol. The van der Waals surface area contributed by atoms with Gasteiger partial charge >= 0.3 is 12.2 Å². The van der Waals surface area contributed by atoms with Crippen molar-refractivity contribution in [1.29, 1.82) is 0 Å². The molecule has 0 radical (unpaired) electrons. The van der Waals surface area contributed by atoms with Crippen molar-refractivity contribution in [3.05, 3.63) is 59.6 Å². The van der Waals surface area contributed by atoms with Crippen LogP contribution in [0.3, 0.4) is 0 Å². The molecule has 52 heavy (non-hydrogen) atoms. The molecule has 1 aromatic rings. The van der Waals surface area contributed by atoms with Gasteiger partial charge < -0.3 is 48.9 Å². The lowest BCUT2D eigenvalue weighted by Gasteiger charge is -2.20. The Morgan fingerprint density at radius 1 is 0.846 bits per heavy atom. The third-order valence-corrected chi connectivity index (χ3v) is 6.85. The molecule has 0 saturated heterocycles. The predicted molar refractivity (Wildman–Crippen MR) is 193 cm³/mol. The molecular weight excluding hydrogens is 676 g/mol. The SMILES string of the molecule is COC1=C(OCCOCCNC(=O)OC(C)(C)C)C=CC(/C=C/C(=O)CC(=O)CCc2ccc(OCCOCCNC(=O)OC(C)(C)C)c(O)c2)C1. The first kappa shape index (κ1) is 43.6. The number of ether oxygens (including phenoxy) is 7. The molecule has 0 bridgehead atoms. The van der Waals surface area contributed by atoms with E-state index >= 15 is 0 Å². The minimum Gasteiger partial charge on any atom is -0.504 e. The van der Waals surface area contributed by atoms with Gasteiger partial charge in [-0.25, -0.2) is 9.59 Å². The van der Waals surface area contributed by atoms with Crippen molar-refractivity contribution in [2.75, 3.05) is 59.8 Å². The molecule has 0 aromatic heterocycles. The van der Waals surface area contributed by atoms with Crippen LogP contribution in [0.15, 0.2) is 54.0 Å². The molecule has 0 aliphatic heterocycles. The van der Waals surface area contributed by atoms with E-state index < -0.39 is 23.4 Å². The number of phenols is 1. The molecule has 1 aromatic carbocycles. The highest BCUT2D eigenvalue weighted by Crippen LogP contribution is 2.28. The predicted octanol–water partition coefficient (Wildman–Crippen LogP) is 5.32. The van der Waals surface area contributed by atoms with Gasteiger partial charge in [-0.1, -0.05) is 18.2 Å².